The highest BCUT2D eigenvalue weighted by molar-refractivity contribution is 7.09. The van der Waals surface area contributed by atoms with Gasteiger partial charge in [0.15, 0.2) is 0 Å². The second-order valence-corrected chi connectivity index (χ2v) is 6.16. The average molecular weight is 298 g/mol. The Morgan fingerprint density at radius 1 is 1.50 bits per heavy atom. The largest absolute Gasteiger partial charge is 0.346 e. The molecule has 1 aromatic heterocycles. The number of nitrogens with two attached hydrogens (primary N) is 1. The SMILES string of the molecule is Cc1nc(CN(C)C(=O)CNC(=O)[C@@H](N)C(C)C)cs1. The monoisotopic (exact) mass is 298 g/mol. The standard InChI is InChI=1S/C13H22N4O2S/c1-8(2)12(14)13(19)15-5-11(18)17(4)6-10-7-20-9(3)16-10/h7-8,12H,5-6,14H2,1-4H3,(H,15,19)/t12-/m0/s1. The minimum atomic E-state index is -0.589. The third-order valence-corrected chi connectivity index (χ3v) is 3.75. The van der Waals surface area contributed by atoms with E-state index in [9.17, 15) is 9.59 Å². The topological polar surface area (TPSA) is 88.3 Å². The maximum absolute atomic E-state index is 11.9. The Morgan fingerprint density at radius 3 is 2.65 bits per heavy atom. The van der Waals surface area contributed by atoms with E-state index in [2.05, 4.69) is 10.3 Å². The van der Waals surface area contributed by atoms with Crippen molar-refractivity contribution in [3.8, 4) is 0 Å². The molecule has 0 saturated carbocycles. The summed E-state index contributed by atoms with van der Waals surface area (Å²) in [4.78, 5) is 29.4. The van der Waals surface area contributed by atoms with Gasteiger partial charge in [0.25, 0.3) is 0 Å². The third kappa shape index (κ3) is 4.90. The molecule has 2 amide bonds. The van der Waals surface area contributed by atoms with Crippen LogP contribution in [-0.2, 0) is 16.1 Å². The lowest BCUT2D eigenvalue weighted by atomic mass is 10.1. The van der Waals surface area contributed by atoms with Crippen molar-refractivity contribution in [1.82, 2.24) is 15.2 Å². The fraction of sp³-hybridized carbons (Fsp3) is 0.615. The maximum atomic E-state index is 11.9. The van der Waals surface area contributed by atoms with Crippen LogP contribution in [0.1, 0.15) is 24.5 Å². The van der Waals surface area contributed by atoms with Gasteiger partial charge in [-0.05, 0) is 12.8 Å². The fourth-order valence-corrected chi connectivity index (χ4v) is 2.13. The number of likely N-dealkylation sites (N-methyl/N-ethyl adjacent to an activating group) is 1. The van der Waals surface area contributed by atoms with Crippen LogP contribution < -0.4 is 11.1 Å². The lowest BCUT2D eigenvalue weighted by Gasteiger charge is -2.18. The van der Waals surface area contributed by atoms with Crippen LogP contribution in [0.2, 0.25) is 0 Å². The van der Waals surface area contributed by atoms with Crippen LogP contribution in [-0.4, -0.2) is 41.3 Å². The predicted octanol–water partition coefficient (Wildman–Crippen LogP) is 0.509. The van der Waals surface area contributed by atoms with E-state index in [0.29, 0.717) is 6.54 Å². The van der Waals surface area contributed by atoms with E-state index in [1.165, 1.54) is 4.90 Å². The molecule has 0 spiro atoms. The van der Waals surface area contributed by atoms with Crippen molar-refractivity contribution in [2.75, 3.05) is 13.6 Å². The molecule has 3 N–H and O–H groups in total. The third-order valence-electron chi connectivity index (χ3n) is 2.93. The zero-order chi connectivity index (χ0) is 15.3. The number of aromatic nitrogens is 1. The second-order valence-electron chi connectivity index (χ2n) is 5.10. The molecule has 1 heterocycles. The van der Waals surface area contributed by atoms with Gasteiger partial charge in [0.05, 0.1) is 29.8 Å². The van der Waals surface area contributed by atoms with Crippen LogP contribution in [0, 0.1) is 12.8 Å². The average Bonchev–Trinajstić information content (AvgIpc) is 2.79. The lowest BCUT2D eigenvalue weighted by Crippen LogP contribution is -2.47. The summed E-state index contributed by atoms with van der Waals surface area (Å²) < 4.78 is 0. The molecule has 0 saturated heterocycles. The smallest absolute Gasteiger partial charge is 0.242 e. The first-order valence-corrected chi connectivity index (χ1v) is 7.37. The van der Waals surface area contributed by atoms with Crippen molar-refractivity contribution in [1.29, 1.82) is 0 Å². The van der Waals surface area contributed by atoms with Gasteiger partial charge in [-0.3, -0.25) is 9.59 Å². The maximum Gasteiger partial charge on any atom is 0.242 e. The Kier molecular flexibility index (Phi) is 6.09. The van der Waals surface area contributed by atoms with E-state index in [1.807, 2.05) is 26.2 Å². The van der Waals surface area contributed by atoms with Crippen molar-refractivity contribution < 1.29 is 9.59 Å². The van der Waals surface area contributed by atoms with Crippen LogP contribution >= 0.6 is 11.3 Å². The number of carbonyl (C=O) groups is 2. The van der Waals surface area contributed by atoms with Gasteiger partial charge in [0.1, 0.15) is 0 Å². The Morgan fingerprint density at radius 2 is 2.15 bits per heavy atom. The highest BCUT2D eigenvalue weighted by Gasteiger charge is 2.18. The van der Waals surface area contributed by atoms with Crippen LogP contribution in [0.25, 0.3) is 0 Å². The number of aryl methyl sites for hydroxylation is 1. The molecule has 0 radical (unpaired) electrons. The normalized spacial score (nSPS) is 12.3. The summed E-state index contributed by atoms with van der Waals surface area (Å²) in [6.45, 7) is 6.04. The molecular formula is C13H22N4O2S. The van der Waals surface area contributed by atoms with Crippen molar-refractivity contribution in [3.05, 3.63) is 16.1 Å². The first-order chi connectivity index (χ1) is 9.31. The van der Waals surface area contributed by atoms with Gasteiger partial charge in [-0.2, -0.15) is 0 Å². The molecule has 1 atom stereocenters. The molecule has 20 heavy (non-hydrogen) atoms. The number of hydrogen-bond donors (Lipinski definition) is 2. The molecule has 6 nitrogen and oxygen atoms in total. The Balaban J connectivity index is 2.40. The fourth-order valence-electron chi connectivity index (χ4n) is 1.53. The second kappa shape index (κ2) is 7.35. The first kappa shape index (κ1) is 16.6. The zero-order valence-electron chi connectivity index (χ0n) is 12.3. The lowest BCUT2D eigenvalue weighted by molar-refractivity contribution is -0.132. The molecule has 0 aromatic carbocycles. The minimum Gasteiger partial charge on any atom is -0.346 e. The van der Waals surface area contributed by atoms with Crippen molar-refractivity contribution in [2.24, 2.45) is 11.7 Å². The van der Waals surface area contributed by atoms with Crippen molar-refractivity contribution in [2.45, 2.75) is 33.4 Å². The Bertz CT molecular complexity index is 473. The van der Waals surface area contributed by atoms with Crippen LogP contribution in [0.3, 0.4) is 0 Å². The van der Waals surface area contributed by atoms with Gasteiger partial charge in [-0.25, -0.2) is 4.98 Å². The molecule has 1 aromatic rings. The number of carbonyl (C=O) groups excluding carboxylic acids is 2. The Labute approximate surface area is 123 Å². The highest BCUT2D eigenvalue weighted by atomic mass is 32.1. The molecular weight excluding hydrogens is 276 g/mol. The summed E-state index contributed by atoms with van der Waals surface area (Å²) >= 11 is 1.55. The molecule has 7 heteroatoms. The number of amides is 2. The summed E-state index contributed by atoms with van der Waals surface area (Å²) in [5.74, 6) is -0.424. The van der Waals surface area contributed by atoms with E-state index in [-0.39, 0.29) is 24.3 Å². The van der Waals surface area contributed by atoms with Crippen LogP contribution in [0.5, 0.6) is 0 Å². The predicted molar refractivity (Wildman–Crippen MR) is 79.1 cm³/mol. The minimum absolute atomic E-state index is 0.0424. The molecule has 0 aliphatic heterocycles. The van der Waals surface area contributed by atoms with Gasteiger partial charge < -0.3 is 16.0 Å². The molecule has 0 unspecified atom stereocenters. The summed E-state index contributed by atoms with van der Waals surface area (Å²) in [6, 6.07) is -0.589. The zero-order valence-corrected chi connectivity index (χ0v) is 13.2. The molecule has 0 fully saturated rings. The quantitative estimate of drug-likeness (QED) is 0.801. The van der Waals surface area contributed by atoms with Gasteiger partial charge in [0, 0.05) is 12.4 Å². The van der Waals surface area contributed by atoms with Gasteiger partial charge >= 0.3 is 0 Å². The molecule has 0 aliphatic carbocycles. The van der Waals surface area contributed by atoms with Gasteiger partial charge in [0.2, 0.25) is 11.8 Å². The van der Waals surface area contributed by atoms with E-state index in [0.717, 1.165) is 10.7 Å². The van der Waals surface area contributed by atoms with E-state index in [4.69, 9.17) is 5.73 Å². The van der Waals surface area contributed by atoms with Crippen LogP contribution in [0.15, 0.2) is 5.38 Å². The molecule has 0 aliphatic rings. The molecule has 112 valence electrons. The first-order valence-electron chi connectivity index (χ1n) is 6.49. The van der Waals surface area contributed by atoms with E-state index < -0.39 is 6.04 Å². The van der Waals surface area contributed by atoms with E-state index in [1.54, 1.807) is 18.4 Å². The summed E-state index contributed by atoms with van der Waals surface area (Å²) in [7, 11) is 1.69. The molecule has 1 rings (SSSR count). The number of hydrogen-bond acceptors (Lipinski definition) is 5. The van der Waals surface area contributed by atoms with Gasteiger partial charge in [-0.1, -0.05) is 13.8 Å². The number of nitrogens with zero attached hydrogens (tertiary/aromatic N) is 2. The van der Waals surface area contributed by atoms with E-state index >= 15 is 0 Å². The Hall–Kier alpha value is -1.47. The number of rotatable bonds is 6. The number of nitrogens with one attached hydrogen (secondary N) is 1. The van der Waals surface area contributed by atoms with Crippen LogP contribution in [0.4, 0.5) is 0 Å². The van der Waals surface area contributed by atoms with Gasteiger partial charge in [-0.15, -0.1) is 11.3 Å². The summed E-state index contributed by atoms with van der Waals surface area (Å²) in [6.07, 6.45) is 0. The molecule has 0 bridgehead atoms. The van der Waals surface area contributed by atoms with Crippen molar-refractivity contribution in [3.63, 3.8) is 0 Å². The summed E-state index contributed by atoms with van der Waals surface area (Å²) in [5.41, 5.74) is 6.56. The summed E-state index contributed by atoms with van der Waals surface area (Å²) in [5, 5.41) is 5.45. The van der Waals surface area contributed by atoms with Crippen molar-refractivity contribution >= 4 is 23.2 Å². The highest BCUT2D eigenvalue weighted by Crippen LogP contribution is 2.09. The number of thiazole rings is 1.